The van der Waals surface area contributed by atoms with Gasteiger partial charge < -0.3 is 9.80 Å². The first-order chi connectivity index (χ1) is 12.3. The lowest BCUT2D eigenvalue weighted by atomic mass is 9.96. The molecule has 6 nitrogen and oxygen atoms in total. The molecule has 126 valence electrons. The molecule has 0 aromatic carbocycles. The van der Waals surface area contributed by atoms with Crippen LogP contribution in [0.2, 0.25) is 0 Å². The summed E-state index contributed by atoms with van der Waals surface area (Å²) in [7, 11) is 0. The van der Waals surface area contributed by atoms with Gasteiger partial charge in [0.25, 0.3) is 0 Å². The predicted molar refractivity (Wildman–Crippen MR) is 97.4 cm³/mol. The molecule has 1 spiro atoms. The summed E-state index contributed by atoms with van der Waals surface area (Å²) in [5.41, 5.74) is 3.87. The van der Waals surface area contributed by atoms with Crippen molar-refractivity contribution in [1.29, 1.82) is 0 Å². The van der Waals surface area contributed by atoms with Gasteiger partial charge in [0.2, 0.25) is 0 Å². The van der Waals surface area contributed by atoms with Gasteiger partial charge in [-0.25, -0.2) is 14.6 Å². The molecule has 6 rings (SSSR count). The minimum atomic E-state index is 0.653. The molecule has 0 N–H and O–H groups in total. The van der Waals surface area contributed by atoms with Crippen molar-refractivity contribution in [2.75, 3.05) is 36.0 Å². The molecule has 1 aliphatic carbocycles. The molecule has 3 fully saturated rings. The van der Waals surface area contributed by atoms with E-state index in [0.717, 1.165) is 29.9 Å². The lowest BCUT2D eigenvalue weighted by molar-refractivity contribution is 0.387. The molecular weight excluding hydrogens is 312 g/mol. The van der Waals surface area contributed by atoms with Crippen molar-refractivity contribution in [3.63, 3.8) is 0 Å². The fourth-order valence-corrected chi connectivity index (χ4v) is 3.94. The van der Waals surface area contributed by atoms with Gasteiger partial charge in [0.05, 0.1) is 11.9 Å². The predicted octanol–water partition coefficient (Wildman–Crippen LogP) is 2.63. The summed E-state index contributed by atoms with van der Waals surface area (Å²) < 4.78 is 1.85. The van der Waals surface area contributed by atoms with Crippen LogP contribution in [0.5, 0.6) is 0 Å². The van der Waals surface area contributed by atoms with Gasteiger partial charge >= 0.3 is 0 Å². The van der Waals surface area contributed by atoms with Gasteiger partial charge in [-0.15, -0.1) is 5.10 Å². The van der Waals surface area contributed by atoms with Crippen molar-refractivity contribution in [1.82, 2.24) is 19.7 Å². The van der Waals surface area contributed by atoms with Crippen LogP contribution in [-0.2, 0) is 0 Å². The molecule has 0 unspecified atom stereocenters. The maximum absolute atomic E-state index is 4.62. The third-order valence-corrected chi connectivity index (χ3v) is 5.90. The Kier molecular flexibility index (Phi) is 2.57. The average molecular weight is 332 g/mol. The first kappa shape index (κ1) is 13.6. The summed E-state index contributed by atoms with van der Waals surface area (Å²) in [5.74, 6) is 0.852. The lowest BCUT2D eigenvalue weighted by Crippen LogP contribution is -2.48. The van der Waals surface area contributed by atoms with E-state index in [1.807, 2.05) is 23.3 Å². The second-order valence-electron chi connectivity index (χ2n) is 7.75. The molecule has 3 aromatic heterocycles. The molecule has 5 heterocycles. The second kappa shape index (κ2) is 4.71. The van der Waals surface area contributed by atoms with Crippen LogP contribution in [0, 0.1) is 5.41 Å². The maximum Gasteiger partial charge on any atom is 0.181 e. The number of hydrogen-bond donors (Lipinski definition) is 0. The largest absolute Gasteiger partial charge is 0.371 e. The van der Waals surface area contributed by atoms with E-state index in [2.05, 4.69) is 43.1 Å². The van der Waals surface area contributed by atoms with E-state index in [4.69, 9.17) is 0 Å². The monoisotopic (exact) mass is 332 g/mol. The van der Waals surface area contributed by atoms with Crippen molar-refractivity contribution < 1.29 is 0 Å². The Morgan fingerprint density at radius 1 is 0.960 bits per heavy atom. The third-order valence-electron chi connectivity index (χ3n) is 5.90. The van der Waals surface area contributed by atoms with E-state index < -0.39 is 0 Å². The smallest absolute Gasteiger partial charge is 0.181 e. The van der Waals surface area contributed by atoms with Crippen LogP contribution in [0.1, 0.15) is 19.3 Å². The number of pyridine rings is 2. The van der Waals surface area contributed by atoms with Crippen LogP contribution in [0.15, 0.2) is 36.8 Å². The molecule has 3 aliphatic rings. The fourth-order valence-electron chi connectivity index (χ4n) is 3.94. The molecule has 2 saturated heterocycles. The van der Waals surface area contributed by atoms with Crippen LogP contribution < -0.4 is 9.80 Å². The molecule has 0 radical (unpaired) electrons. The number of anilines is 2. The average Bonchev–Trinajstić information content (AvgIpc) is 3.24. The van der Waals surface area contributed by atoms with Gasteiger partial charge in [-0.1, -0.05) is 0 Å². The highest BCUT2D eigenvalue weighted by Crippen LogP contribution is 2.53. The Bertz CT molecular complexity index is 961. The number of rotatable bonds is 3. The number of fused-ring (bicyclic) bond motifs is 1. The minimum absolute atomic E-state index is 0.653. The number of hydrogen-bond acceptors (Lipinski definition) is 5. The van der Waals surface area contributed by atoms with E-state index >= 15 is 0 Å². The molecule has 6 heteroatoms. The van der Waals surface area contributed by atoms with Gasteiger partial charge in [0, 0.05) is 61.1 Å². The Hall–Kier alpha value is -2.63. The Labute approximate surface area is 146 Å². The Morgan fingerprint density at radius 3 is 2.60 bits per heavy atom. The maximum atomic E-state index is 4.62. The van der Waals surface area contributed by atoms with E-state index in [9.17, 15) is 0 Å². The lowest BCUT2D eigenvalue weighted by Gasteiger charge is -2.41. The van der Waals surface area contributed by atoms with E-state index in [1.165, 1.54) is 43.7 Å². The summed E-state index contributed by atoms with van der Waals surface area (Å²) in [6.07, 6.45) is 9.93. The highest BCUT2D eigenvalue weighted by Gasteiger charge is 2.52. The van der Waals surface area contributed by atoms with Crippen molar-refractivity contribution in [3.8, 4) is 5.82 Å². The second-order valence-corrected chi connectivity index (χ2v) is 7.75. The molecule has 0 amide bonds. The van der Waals surface area contributed by atoms with Crippen LogP contribution >= 0.6 is 0 Å². The summed E-state index contributed by atoms with van der Waals surface area (Å²) in [6.45, 7) is 4.64. The van der Waals surface area contributed by atoms with Crippen molar-refractivity contribution >= 4 is 22.4 Å². The first-order valence-corrected chi connectivity index (χ1v) is 9.10. The van der Waals surface area contributed by atoms with Gasteiger partial charge in [0.1, 0.15) is 0 Å². The quantitative estimate of drug-likeness (QED) is 0.738. The first-order valence-electron chi connectivity index (χ1n) is 9.10. The van der Waals surface area contributed by atoms with Crippen molar-refractivity contribution in [2.45, 2.75) is 19.3 Å². The number of aromatic nitrogens is 4. The van der Waals surface area contributed by atoms with Gasteiger partial charge in [-0.3, -0.25) is 0 Å². The number of nitrogens with zero attached hydrogens (tertiary/aromatic N) is 6. The van der Waals surface area contributed by atoms with Crippen LogP contribution in [0.25, 0.3) is 16.9 Å². The molecule has 1 saturated carbocycles. The highest BCUT2D eigenvalue weighted by molar-refractivity contribution is 5.79. The minimum Gasteiger partial charge on any atom is -0.371 e. The van der Waals surface area contributed by atoms with Gasteiger partial charge in [-0.2, -0.15) is 0 Å². The van der Waals surface area contributed by atoms with Gasteiger partial charge in [-0.05, 0) is 31.4 Å². The SMILES string of the molecule is c1cc(N2CCC2)cc(-n2cc3cc(N4CC5(CC5)C4)cnc3n2)n1. The zero-order chi connectivity index (χ0) is 16.4. The van der Waals surface area contributed by atoms with Gasteiger partial charge in [0.15, 0.2) is 11.5 Å². The summed E-state index contributed by atoms with van der Waals surface area (Å²) >= 11 is 0. The highest BCUT2D eigenvalue weighted by atomic mass is 15.3. The van der Waals surface area contributed by atoms with Crippen molar-refractivity contribution in [2.24, 2.45) is 5.41 Å². The fraction of sp³-hybridized carbons (Fsp3) is 0.421. The molecule has 0 atom stereocenters. The molecule has 0 bridgehead atoms. The van der Waals surface area contributed by atoms with Crippen LogP contribution in [-0.4, -0.2) is 45.9 Å². The summed E-state index contributed by atoms with van der Waals surface area (Å²) in [5, 5.41) is 5.69. The Morgan fingerprint density at radius 2 is 1.84 bits per heavy atom. The van der Waals surface area contributed by atoms with Crippen LogP contribution in [0.3, 0.4) is 0 Å². The van der Waals surface area contributed by atoms with Crippen LogP contribution in [0.4, 0.5) is 11.4 Å². The zero-order valence-electron chi connectivity index (χ0n) is 14.1. The summed E-state index contributed by atoms with van der Waals surface area (Å²) in [4.78, 5) is 13.9. The topological polar surface area (TPSA) is 50.1 Å². The molecule has 2 aliphatic heterocycles. The molecule has 25 heavy (non-hydrogen) atoms. The molecular formula is C19H20N6. The van der Waals surface area contributed by atoms with E-state index in [-0.39, 0.29) is 0 Å². The standard InChI is InChI=1S/C19H20N6/c1-6-23(7-1)15-2-5-20-17(9-15)25-11-14-8-16(10-21-18(14)22-25)24-12-19(13-24)3-4-19/h2,5,8-11H,1,3-4,6-7,12-13H2. The Balaban J connectivity index is 1.32. The zero-order valence-corrected chi connectivity index (χ0v) is 14.1. The normalized spacial score (nSPS) is 20.6. The van der Waals surface area contributed by atoms with E-state index in [0.29, 0.717) is 5.41 Å². The van der Waals surface area contributed by atoms with E-state index in [1.54, 1.807) is 0 Å². The summed E-state index contributed by atoms with van der Waals surface area (Å²) in [6, 6.07) is 6.39. The van der Waals surface area contributed by atoms with Crippen molar-refractivity contribution in [3.05, 3.63) is 36.8 Å². The third kappa shape index (κ3) is 2.13. The molecule has 3 aromatic rings.